The van der Waals surface area contributed by atoms with Crippen molar-refractivity contribution in [2.45, 2.75) is 6.92 Å². The molecule has 0 aliphatic rings. The Kier molecular flexibility index (Phi) is 3.41. The Labute approximate surface area is 103 Å². The number of nitrogens with zero attached hydrogens (tertiary/aromatic N) is 1. The molecule has 3 N–H and O–H groups in total. The Bertz CT molecular complexity index is 503. The number of nitrogens with one attached hydrogen (secondary N) is 1. The van der Waals surface area contributed by atoms with Gasteiger partial charge in [0.25, 0.3) is 0 Å². The quantitative estimate of drug-likeness (QED) is 0.908. The van der Waals surface area contributed by atoms with Crippen molar-refractivity contribution < 1.29 is 0 Å². The molecule has 0 unspecified atom stereocenters. The Morgan fingerprint density at radius 3 is 3.00 bits per heavy atom. The molecule has 84 valence electrons. The van der Waals surface area contributed by atoms with Crippen molar-refractivity contribution in [1.29, 1.82) is 0 Å². The van der Waals surface area contributed by atoms with Crippen molar-refractivity contribution in [3.05, 3.63) is 34.4 Å². The van der Waals surface area contributed by atoms with Gasteiger partial charge in [0.15, 0.2) is 0 Å². The predicted octanol–water partition coefficient (Wildman–Crippen LogP) is 2.68. The van der Waals surface area contributed by atoms with E-state index < -0.39 is 0 Å². The Morgan fingerprint density at radius 1 is 1.44 bits per heavy atom. The summed E-state index contributed by atoms with van der Waals surface area (Å²) in [6, 6.07) is 6.13. The summed E-state index contributed by atoms with van der Waals surface area (Å²) in [5.74, 6) is 0.896. The molecule has 2 aromatic rings. The minimum Gasteiger partial charge on any atom is -0.368 e. The lowest BCUT2D eigenvalue weighted by Gasteiger charge is -2.10. The zero-order valence-corrected chi connectivity index (χ0v) is 10.7. The number of hydrogen-bond acceptors (Lipinski definition) is 3. The fourth-order valence-corrected chi connectivity index (χ4v) is 2.43. The second-order valence-corrected chi connectivity index (χ2v) is 4.52. The third-order valence-electron chi connectivity index (χ3n) is 2.49. The average molecular weight is 280 g/mol. The molecule has 4 heteroatoms. The topological polar surface area (TPSA) is 50.9 Å². The molecule has 0 spiro atoms. The van der Waals surface area contributed by atoms with Gasteiger partial charge in [0.1, 0.15) is 5.82 Å². The fraction of sp³-hybridized carbons (Fsp3) is 0.250. The van der Waals surface area contributed by atoms with Gasteiger partial charge in [0.2, 0.25) is 0 Å². The van der Waals surface area contributed by atoms with Crippen LogP contribution in [-0.2, 0) is 0 Å². The van der Waals surface area contributed by atoms with Gasteiger partial charge in [0, 0.05) is 34.5 Å². The highest BCUT2D eigenvalue weighted by molar-refractivity contribution is 9.10. The largest absolute Gasteiger partial charge is 0.368 e. The minimum atomic E-state index is 0.602. The molecule has 3 nitrogen and oxygen atoms in total. The highest BCUT2D eigenvalue weighted by Gasteiger charge is 2.06. The second-order valence-electron chi connectivity index (χ2n) is 3.67. The lowest BCUT2D eigenvalue weighted by Crippen LogP contribution is -2.14. The number of halogens is 1. The molecule has 0 aliphatic heterocycles. The van der Waals surface area contributed by atoms with Gasteiger partial charge in [-0.25, -0.2) is 4.98 Å². The van der Waals surface area contributed by atoms with E-state index in [1.807, 2.05) is 18.3 Å². The van der Waals surface area contributed by atoms with Crippen LogP contribution in [0.15, 0.2) is 28.9 Å². The number of benzene rings is 1. The molecule has 0 atom stereocenters. The number of anilines is 1. The van der Waals surface area contributed by atoms with E-state index >= 15 is 0 Å². The smallest absolute Gasteiger partial charge is 0.133 e. The van der Waals surface area contributed by atoms with E-state index in [1.165, 1.54) is 10.9 Å². The van der Waals surface area contributed by atoms with E-state index in [0.29, 0.717) is 6.54 Å². The third-order valence-corrected chi connectivity index (χ3v) is 3.15. The SMILES string of the molecule is Cc1cnc(NCCN)c2cccc(Br)c12. The number of nitrogens with two attached hydrogens (primary N) is 1. The van der Waals surface area contributed by atoms with E-state index in [0.717, 1.165) is 22.2 Å². The zero-order valence-electron chi connectivity index (χ0n) is 9.13. The number of pyridine rings is 1. The highest BCUT2D eigenvalue weighted by Crippen LogP contribution is 2.30. The molecule has 0 bridgehead atoms. The zero-order chi connectivity index (χ0) is 11.5. The van der Waals surface area contributed by atoms with Gasteiger partial charge >= 0.3 is 0 Å². The minimum absolute atomic E-state index is 0.602. The molecule has 0 aliphatic carbocycles. The Morgan fingerprint density at radius 2 is 2.25 bits per heavy atom. The van der Waals surface area contributed by atoms with Crippen molar-refractivity contribution in [1.82, 2.24) is 4.98 Å². The van der Waals surface area contributed by atoms with E-state index in [2.05, 4.69) is 39.2 Å². The lowest BCUT2D eigenvalue weighted by molar-refractivity contribution is 1.01. The second kappa shape index (κ2) is 4.80. The van der Waals surface area contributed by atoms with Crippen molar-refractivity contribution in [3.63, 3.8) is 0 Å². The number of rotatable bonds is 3. The number of hydrogen-bond donors (Lipinski definition) is 2. The van der Waals surface area contributed by atoms with Crippen LogP contribution >= 0.6 is 15.9 Å². The van der Waals surface area contributed by atoms with Crippen LogP contribution in [0, 0.1) is 6.92 Å². The van der Waals surface area contributed by atoms with Crippen LogP contribution in [0.3, 0.4) is 0 Å². The summed E-state index contributed by atoms with van der Waals surface area (Å²) in [5, 5.41) is 5.57. The maximum absolute atomic E-state index is 5.48. The standard InChI is InChI=1S/C12H14BrN3/c1-8-7-16-12(15-6-5-14)9-3-2-4-10(13)11(8)9/h2-4,7H,5-6,14H2,1H3,(H,15,16). The molecular weight excluding hydrogens is 266 g/mol. The predicted molar refractivity (Wildman–Crippen MR) is 71.7 cm³/mol. The van der Waals surface area contributed by atoms with Gasteiger partial charge in [-0.1, -0.05) is 28.1 Å². The van der Waals surface area contributed by atoms with E-state index in [9.17, 15) is 0 Å². The molecular formula is C12H14BrN3. The first-order valence-corrected chi connectivity index (χ1v) is 6.01. The van der Waals surface area contributed by atoms with Crippen LogP contribution < -0.4 is 11.1 Å². The molecule has 0 saturated heterocycles. The Balaban J connectivity index is 2.60. The molecule has 16 heavy (non-hydrogen) atoms. The molecule has 1 heterocycles. The summed E-state index contributed by atoms with van der Waals surface area (Å²) >= 11 is 3.57. The third kappa shape index (κ3) is 2.03. The number of aromatic nitrogens is 1. The average Bonchev–Trinajstić information content (AvgIpc) is 2.28. The first-order chi connectivity index (χ1) is 7.74. The first kappa shape index (κ1) is 11.4. The molecule has 0 saturated carbocycles. The van der Waals surface area contributed by atoms with Crippen molar-refractivity contribution in [2.75, 3.05) is 18.4 Å². The van der Waals surface area contributed by atoms with Crippen molar-refractivity contribution in [3.8, 4) is 0 Å². The monoisotopic (exact) mass is 279 g/mol. The van der Waals surface area contributed by atoms with Gasteiger partial charge in [-0.2, -0.15) is 0 Å². The van der Waals surface area contributed by atoms with Crippen molar-refractivity contribution in [2.24, 2.45) is 5.73 Å². The normalized spacial score (nSPS) is 10.7. The van der Waals surface area contributed by atoms with Gasteiger partial charge in [-0.15, -0.1) is 0 Å². The summed E-state index contributed by atoms with van der Waals surface area (Å²) < 4.78 is 1.10. The number of fused-ring (bicyclic) bond motifs is 1. The van der Waals surface area contributed by atoms with E-state index in [-0.39, 0.29) is 0 Å². The van der Waals surface area contributed by atoms with Crippen LogP contribution in [0.5, 0.6) is 0 Å². The van der Waals surface area contributed by atoms with E-state index in [1.54, 1.807) is 0 Å². The van der Waals surface area contributed by atoms with E-state index in [4.69, 9.17) is 5.73 Å². The van der Waals surface area contributed by atoms with Crippen LogP contribution in [0.4, 0.5) is 5.82 Å². The molecule has 1 aromatic heterocycles. The van der Waals surface area contributed by atoms with Crippen LogP contribution in [0.1, 0.15) is 5.56 Å². The summed E-state index contributed by atoms with van der Waals surface area (Å²) in [6.07, 6.45) is 1.88. The molecule has 2 rings (SSSR count). The fourth-order valence-electron chi connectivity index (χ4n) is 1.75. The van der Waals surface area contributed by atoms with Gasteiger partial charge in [0.05, 0.1) is 0 Å². The maximum atomic E-state index is 5.48. The first-order valence-electron chi connectivity index (χ1n) is 5.22. The van der Waals surface area contributed by atoms with Gasteiger partial charge in [-0.05, 0) is 18.6 Å². The highest BCUT2D eigenvalue weighted by atomic mass is 79.9. The molecule has 0 fully saturated rings. The van der Waals surface area contributed by atoms with Crippen LogP contribution in [0.25, 0.3) is 10.8 Å². The summed E-state index contributed by atoms with van der Waals surface area (Å²) in [7, 11) is 0. The summed E-state index contributed by atoms with van der Waals surface area (Å²) in [5.41, 5.74) is 6.65. The molecule has 0 amide bonds. The van der Waals surface area contributed by atoms with Crippen LogP contribution in [-0.4, -0.2) is 18.1 Å². The van der Waals surface area contributed by atoms with Gasteiger partial charge in [-0.3, -0.25) is 0 Å². The number of aryl methyl sites for hydroxylation is 1. The van der Waals surface area contributed by atoms with Crippen LogP contribution in [0.2, 0.25) is 0 Å². The molecule has 1 aromatic carbocycles. The van der Waals surface area contributed by atoms with Gasteiger partial charge < -0.3 is 11.1 Å². The molecule has 0 radical (unpaired) electrons. The Hall–Kier alpha value is -1.13. The maximum Gasteiger partial charge on any atom is 0.133 e. The summed E-state index contributed by atoms with van der Waals surface area (Å²) in [4.78, 5) is 4.40. The lowest BCUT2D eigenvalue weighted by atomic mass is 10.1. The van der Waals surface area contributed by atoms with Crippen molar-refractivity contribution >= 4 is 32.5 Å². The summed E-state index contributed by atoms with van der Waals surface area (Å²) in [6.45, 7) is 3.40.